The molecule has 2 aromatic rings. The number of aromatic carboxylic acids is 1. The number of hydrogen-bond donors (Lipinski definition) is 1. The smallest absolute Gasteiger partial charge is 0.335 e. The van der Waals surface area contributed by atoms with Crippen molar-refractivity contribution in [3.8, 4) is 0 Å². The van der Waals surface area contributed by atoms with Crippen LogP contribution in [0.25, 0.3) is 0 Å². The molecule has 10 heteroatoms. The molecule has 42 heavy (non-hydrogen) atoms. The average Bonchev–Trinajstić information content (AvgIpc) is 3.32. The molecule has 1 heterocycles. The number of benzene rings is 2. The highest BCUT2D eigenvalue weighted by Gasteiger charge is 2.43. The first-order chi connectivity index (χ1) is 20.5. The molecule has 2 atom stereocenters. The maximum Gasteiger partial charge on any atom is 0.335 e. The summed E-state index contributed by atoms with van der Waals surface area (Å²) >= 11 is 0. The number of rotatable bonds is 16. The zero-order valence-electron chi connectivity index (χ0n) is 24.6. The second kappa shape index (κ2) is 15.8. The van der Waals surface area contributed by atoms with Crippen LogP contribution in [0.1, 0.15) is 74.7 Å². The SMILES string of the molecule is [3H]c1ccc(C(F)(F)[C@@H](/C=C/[C@H]2CCC(=O)N2CCCCCCC(=O)OCC)O[14C](=O)Cc2ccc(C(=O)O)cc2)cc1. The Morgan fingerprint density at radius 3 is 2.52 bits per heavy atom. The molecule has 3 rings (SSSR count). The molecule has 0 unspecified atom stereocenters. The van der Waals surface area contributed by atoms with E-state index in [1.807, 2.05) is 0 Å². The fourth-order valence-corrected chi connectivity index (χ4v) is 4.74. The molecule has 1 aliphatic rings. The van der Waals surface area contributed by atoms with Gasteiger partial charge in [-0.1, -0.05) is 61.4 Å². The fraction of sp³-hybridized carbons (Fsp3) is 0.438. The summed E-state index contributed by atoms with van der Waals surface area (Å²) < 4.78 is 49.2. The number of carboxylic acid groups (broad SMARTS) is 1. The largest absolute Gasteiger partial charge is 0.478 e. The number of nitrogens with zero attached hydrogens (tertiary/aromatic N) is 1. The van der Waals surface area contributed by atoms with Gasteiger partial charge in [-0.2, -0.15) is 8.78 Å². The normalized spacial score (nSPS) is 16.4. The van der Waals surface area contributed by atoms with E-state index in [9.17, 15) is 19.2 Å². The van der Waals surface area contributed by atoms with Gasteiger partial charge in [0.1, 0.15) is 0 Å². The molecule has 226 valence electrons. The second-order valence-corrected chi connectivity index (χ2v) is 10.0. The third-order valence-electron chi connectivity index (χ3n) is 6.99. The van der Waals surface area contributed by atoms with Crippen LogP contribution in [0.2, 0.25) is 0 Å². The molecule has 1 N–H and O–H groups in total. The van der Waals surface area contributed by atoms with Crippen LogP contribution >= 0.6 is 0 Å². The van der Waals surface area contributed by atoms with Gasteiger partial charge in [0.2, 0.25) is 5.91 Å². The van der Waals surface area contributed by atoms with Crippen LogP contribution in [-0.4, -0.2) is 59.1 Å². The van der Waals surface area contributed by atoms with Crippen molar-refractivity contribution in [1.82, 2.24) is 4.90 Å². The van der Waals surface area contributed by atoms with Gasteiger partial charge in [0.05, 0.1) is 26.0 Å². The lowest BCUT2D eigenvalue weighted by molar-refractivity contribution is -0.167. The molecule has 1 fully saturated rings. The van der Waals surface area contributed by atoms with Crippen molar-refractivity contribution in [2.75, 3.05) is 13.2 Å². The van der Waals surface area contributed by atoms with E-state index in [2.05, 4.69) is 0 Å². The summed E-state index contributed by atoms with van der Waals surface area (Å²) in [4.78, 5) is 49.5. The van der Waals surface area contributed by atoms with Crippen molar-refractivity contribution < 1.29 is 43.9 Å². The summed E-state index contributed by atoms with van der Waals surface area (Å²) in [6.45, 7) is 2.53. The van der Waals surface area contributed by atoms with E-state index in [1.165, 1.54) is 42.5 Å². The van der Waals surface area contributed by atoms with Crippen molar-refractivity contribution in [2.24, 2.45) is 0 Å². The van der Waals surface area contributed by atoms with E-state index in [0.29, 0.717) is 44.4 Å². The van der Waals surface area contributed by atoms with Gasteiger partial charge < -0.3 is 19.5 Å². The lowest BCUT2D eigenvalue weighted by atomic mass is 10.0. The summed E-state index contributed by atoms with van der Waals surface area (Å²) in [5.41, 5.74) is -0.0111. The minimum absolute atomic E-state index is 0.0228. The lowest BCUT2D eigenvalue weighted by Gasteiger charge is -2.27. The number of carboxylic acids is 1. The molecule has 0 aromatic heterocycles. The minimum Gasteiger partial charge on any atom is -0.478 e. The van der Waals surface area contributed by atoms with E-state index < -0.39 is 35.6 Å². The first-order valence-electron chi connectivity index (χ1n) is 14.6. The third kappa shape index (κ3) is 9.49. The molecule has 1 saturated heterocycles. The first-order valence-corrected chi connectivity index (χ1v) is 14.1. The van der Waals surface area contributed by atoms with E-state index in [1.54, 1.807) is 11.8 Å². The van der Waals surface area contributed by atoms with Crippen molar-refractivity contribution >= 4 is 23.8 Å². The maximum atomic E-state index is 15.7. The molecule has 0 aliphatic carbocycles. The number of ether oxygens (including phenoxy) is 2. The van der Waals surface area contributed by atoms with Crippen molar-refractivity contribution in [2.45, 2.75) is 76.4 Å². The molecule has 0 spiro atoms. The molecule has 1 aliphatic heterocycles. The maximum absolute atomic E-state index is 15.7. The van der Waals surface area contributed by atoms with E-state index in [-0.39, 0.29) is 36.3 Å². The highest BCUT2D eigenvalue weighted by molar-refractivity contribution is 5.87. The molecule has 0 bridgehead atoms. The number of carbonyl (C=O) groups excluding carboxylic acids is 3. The molecule has 1 amide bonds. The van der Waals surface area contributed by atoms with Gasteiger partial charge >= 0.3 is 23.8 Å². The average molecular weight is 590 g/mol. The predicted molar refractivity (Wildman–Crippen MR) is 151 cm³/mol. The van der Waals surface area contributed by atoms with E-state index >= 15 is 8.78 Å². The van der Waals surface area contributed by atoms with Gasteiger partial charge in [-0.15, -0.1) is 0 Å². The quantitative estimate of drug-likeness (QED) is 0.152. The second-order valence-electron chi connectivity index (χ2n) is 10.0. The van der Waals surface area contributed by atoms with Crippen molar-refractivity contribution in [3.63, 3.8) is 0 Å². The first kappa shape index (κ1) is 30.9. The number of amides is 1. The monoisotopic (exact) mass is 589 g/mol. The fourth-order valence-electron chi connectivity index (χ4n) is 4.74. The standard InChI is InChI=1S/C32H37F2NO7/c1-2-41-29(37)12-8-3-4-9-21-35-26(18-20-28(35)36)17-19-27(32(33,34)25-10-6-5-7-11-25)42-30(38)22-23-13-15-24(16-14-23)31(39)40/h5-7,10-11,13-17,19,26-27H,2-4,8-9,12,18,20-22H2,1H3,(H,39,40)/b19-17+/t26-,27+/m0/s1/i5T,30+2. The number of hydrogen-bond acceptors (Lipinski definition) is 6. The summed E-state index contributed by atoms with van der Waals surface area (Å²) in [7, 11) is 0. The van der Waals surface area contributed by atoms with Crippen LogP contribution < -0.4 is 0 Å². The zero-order chi connectivity index (χ0) is 31.4. The van der Waals surface area contributed by atoms with Gasteiger partial charge in [-0.25, -0.2) is 4.79 Å². The van der Waals surface area contributed by atoms with Crippen LogP contribution in [0.3, 0.4) is 0 Å². The molecular weight excluding hydrogens is 550 g/mol. The highest BCUT2D eigenvalue weighted by atomic mass is 19.3. The molecular formula is C32H37F2NO7. The van der Waals surface area contributed by atoms with Gasteiger partial charge in [0.25, 0.3) is 0 Å². The topological polar surface area (TPSA) is 110 Å². The summed E-state index contributed by atoms with van der Waals surface area (Å²) in [5.74, 6) is -6.03. The highest BCUT2D eigenvalue weighted by Crippen LogP contribution is 2.35. The van der Waals surface area contributed by atoms with Crippen LogP contribution in [0.15, 0.2) is 66.7 Å². The Hall–Kier alpha value is -4.08. The van der Waals surface area contributed by atoms with Crippen molar-refractivity contribution in [3.05, 3.63) is 83.4 Å². The number of unbranched alkanes of at least 4 members (excludes halogenated alkanes) is 3. The van der Waals surface area contributed by atoms with Gasteiger partial charge in [-0.05, 0) is 50.0 Å². The number of likely N-dealkylation sites (tertiary alicyclic amines) is 1. The molecule has 0 radical (unpaired) electrons. The molecule has 0 saturated carbocycles. The van der Waals surface area contributed by atoms with Gasteiger partial charge in [0, 0.05) is 24.9 Å². The summed E-state index contributed by atoms with van der Waals surface area (Å²) in [5, 5.41) is 9.06. The van der Waals surface area contributed by atoms with Crippen LogP contribution in [0.5, 0.6) is 0 Å². The Kier molecular flexibility index (Phi) is 11.6. The van der Waals surface area contributed by atoms with E-state index in [0.717, 1.165) is 31.1 Å². The van der Waals surface area contributed by atoms with E-state index in [4.69, 9.17) is 16.0 Å². The van der Waals surface area contributed by atoms with Crippen LogP contribution in [0.4, 0.5) is 8.78 Å². The Morgan fingerprint density at radius 1 is 1.17 bits per heavy atom. The Balaban J connectivity index is 1.68. The summed E-state index contributed by atoms with van der Waals surface area (Å²) in [6.07, 6.45) is 4.27. The number of carbonyl (C=O) groups is 4. The van der Waals surface area contributed by atoms with Gasteiger partial charge in [0.15, 0.2) is 6.10 Å². The minimum atomic E-state index is -3.64. The third-order valence-corrected chi connectivity index (χ3v) is 6.99. The number of halogens is 2. The molecule has 2 aromatic carbocycles. The Morgan fingerprint density at radius 2 is 1.86 bits per heavy atom. The predicted octanol–water partition coefficient (Wildman–Crippen LogP) is 5.69. The Bertz CT molecular complexity index is 1280. The van der Waals surface area contributed by atoms with Crippen LogP contribution in [-0.2, 0) is 36.2 Å². The number of esters is 2. The lowest BCUT2D eigenvalue weighted by Crippen LogP contribution is -2.36. The summed E-state index contributed by atoms with van der Waals surface area (Å²) in [6, 6.07) is 9.72. The molecule has 8 nitrogen and oxygen atoms in total. The van der Waals surface area contributed by atoms with Crippen molar-refractivity contribution in [1.29, 1.82) is 0 Å². The number of alkyl halides is 2. The van der Waals surface area contributed by atoms with Gasteiger partial charge in [-0.3, -0.25) is 14.4 Å². The Labute approximate surface area is 245 Å². The zero-order valence-corrected chi connectivity index (χ0v) is 23.6. The van der Waals surface area contributed by atoms with Crippen LogP contribution in [0, 0.1) is 0 Å².